The Bertz CT molecular complexity index is 337. The lowest BCUT2D eigenvalue weighted by Gasteiger charge is -2.18. The third-order valence-corrected chi connectivity index (χ3v) is 5.01. The molecule has 2 atom stereocenters. The molecule has 1 aliphatic carbocycles. The number of aryl methyl sites for hydroxylation is 1. The average molecular weight is 235 g/mol. The van der Waals surface area contributed by atoms with E-state index in [0.717, 1.165) is 17.0 Å². The van der Waals surface area contributed by atoms with Gasteiger partial charge in [0.05, 0.1) is 0 Å². The zero-order valence-corrected chi connectivity index (χ0v) is 11.0. The van der Waals surface area contributed by atoms with Crippen molar-refractivity contribution in [2.75, 3.05) is 7.05 Å². The largest absolute Gasteiger partial charge is 0.316 e. The maximum Gasteiger partial charge on any atom is 0.0204 e. The fourth-order valence-electron chi connectivity index (χ4n) is 2.42. The molecule has 1 saturated carbocycles. The molecule has 0 saturated heterocycles. The standard InChI is InChI=1S/C14H21NS/c1-11-6-3-4-7-12(11)10-16-14-9-5-8-13(14)15-2/h3-4,6-7,13-15H,5,8-10H2,1-2H3. The van der Waals surface area contributed by atoms with Gasteiger partial charge in [0.15, 0.2) is 0 Å². The first kappa shape index (κ1) is 12.0. The predicted octanol–water partition coefficient (Wildman–Crippen LogP) is 3.37. The third-order valence-electron chi connectivity index (χ3n) is 3.54. The summed E-state index contributed by atoms with van der Waals surface area (Å²) in [5.74, 6) is 1.16. The lowest BCUT2D eigenvalue weighted by molar-refractivity contribution is 0.591. The molecule has 88 valence electrons. The van der Waals surface area contributed by atoms with Crippen LogP contribution in [0.2, 0.25) is 0 Å². The van der Waals surface area contributed by atoms with Gasteiger partial charge in [0.1, 0.15) is 0 Å². The van der Waals surface area contributed by atoms with Gasteiger partial charge in [-0.15, -0.1) is 0 Å². The van der Waals surface area contributed by atoms with Crippen molar-refractivity contribution < 1.29 is 0 Å². The SMILES string of the molecule is CNC1CCCC1SCc1ccccc1C. The van der Waals surface area contributed by atoms with Gasteiger partial charge >= 0.3 is 0 Å². The van der Waals surface area contributed by atoms with Crippen LogP contribution in [0.5, 0.6) is 0 Å². The summed E-state index contributed by atoms with van der Waals surface area (Å²) < 4.78 is 0. The van der Waals surface area contributed by atoms with Crippen molar-refractivity contribution in [3.05, 3.63) is 35.4 Å². The van der Waals surface area contributed by atoms with E-state index >= 15 is 0 Å². The quantitative estimate of drug-likeness (QED) is 0.859. The fourth-order valence-corrected chi connectivity index (χ4v) is 3.98. The van der Waals surface area contributed by atoms with Crippen LogP contribution in [0.3, 0.4) is 0 Å². The highest BCUT2D eigenvalue weighted by atomic mass is 32.2. The van der Waals surface area contributed by atoms with E-state index in [1.807, 2.05) is 0 Å². The van der Waals surface area contributed by atoms with Crippen LogP contribution in [-0.2, 0) is 5.75 Å². The molecular formula is C14H21NS. The normalized spacial score (nSPS) is 24.9. The minimum absolute atomic E-state index is 0.731. The van der Waals surface area contributed by atoms with Crippen LogP contribution in [0.1, 0.15) is 30.4 Å². The molecule has 1 nitrogen and oxygen atoms in total. The van der Waals surface area contributed by atoms with E-state index in [4.69, 9.17) is 0 Å². The van der Waals surface area contributed by atoms with Gasteiger partial charge in [0.25, 0.3) is 0 Å². The highest BCUT2D eigenvalue weighted by Crippen LogP contribution is 2.32. The number of hydrogen-bond acceptors (Lipinski definition) is 2. The monoisotopic (exact) mass is 235 g/mol. The van der Waals surface area contributed by atoms with Crippen LogP contribution in [0.25, 0.3) is 0 Å². The molecule has 1 aliphatic rings. The van der Waals surface area contributed by atoms with Crippen molar-refractivity contribution in [1.82, 2.24) is 5.32 Å². The van der Waals surface area contributed by atoms with Crippen molar-refractivity contribution >= 4 is 11.8 Å². The zero-order chi connectivity index (χ0) is 11.4. The zero-order valence-electron chi connectivity index (χ0n) is 10.2. The van der Waals surface area contributed by atoms with Crippen LogP contribution in [0, 0.1) is 6.92 Å². The predicted molar refractivity (Wildman–Crippen MR) is 73.0 cm³/mol. The van der Waals surface area contributed by atoms with Crippen molar-refractivity contribution in [2.45, 2.75) is 43.2 Å². The van der Waals surface area contributed by atoms with E-state index in [1.165, 1.54) is 30.4 Å². The van der Waals surface area contributed by atoms with Crippen LogP contribution >= 0.6 is 11.8 Å². The molecule has 0 bridgehead atoms. The first-order valence-corrected chi connectivity index (χ1v) is 7.19. The molecule has 1 aromatic rings. The summed E-state index contributed by atoms with van der Waals surface area (Å²) in [4.78, 5) is 0. The van der Waals surface area contributed by atoms with Gasteiger partial charge in [-0.25, -0.2) is 0 Å². The lowest BCUT2D eigenvalue weighted by atomic mass is 10.1. The summed E-state index contributed by atoms with van der Waals surface area (Å²) in [6.07, 6.45) is 4.11. The molecule has 0 amide bonds. The third kappa shape index (κ3) is 2.80. The Morgan fingerprint density at radius 1 is 1.31 bits per heavy atom. The molecule has 1 fully saturated rings. The van der Waals surface area contributed by atoms with Crippen molar-refractivity contribution in [1.29, 1.82) is 0 Å². The van der Waals surface area contributed by atoms with E-state index in [0.29, 0.717) is 0 Å². The number of hydrogen-bond donors (Lipinski definition) is 1. The van der Waals surface area contributed by atoms with E-state index in [2.05, 4.69) is 55.3 Å². The van der Waals surface area contributed by atoms with Gasteiger partial charge in [-0.1, -0.05) is 30.7 Å². The number of rotatable bonds is 4. The second-order valence-electron chi connectivity index (χ2n) is 4.60. The van der Waals surface area contributed by atoms with Crippen LogP contribution in [0.4, 0.5) is 0 Å². The molecule has 2 unspecified atom stereocenters. The smallest absolute Gasteiger partial charge is 0.0204 e. The summed E-state index contributed by atoms with van der Waals surface area (Å²) in [6, 6.07) is 9.46. The van der Waals surface area contributed by atoms with E-state index in [1.54, 1.807) is 0 Å². The van der Waals surface area contributed by atoms with Gasteiger partial charge in [-0.2, -0.15) is 11.8 Å². The Morgan fingerprint density at radius 3 is 2.88 bits per heavy atom. The maximum atomic E-state index is 3.44. The molecule has 0 radical (unpaired) electrons. The molecule has 0 aliphatic heterocycles. The Hall–Kier alpha value is -0.470. The average Bonchev–Trinajstić information content (AvgIpc) is 2.75. The molecule has 0 spiro atoms. The Morgan fingerprint density at radius 2 is 2.12 bits per heavy atom. The minimum Gasteiger partial charge on any atom is -0.316 e. The number of nitrogens with one attached hydrogen (secondary N) is 1. The van der Waals surface area contributed by atoms with Gasteiger partial charge in [-0.3, -0.25) is 0 Å². The summed E-state index contributed by atoms with van der Waals surface area (Å²) >= 11 is 2.12. The maximum absolute atomic E-state index is 3.44. The van der Waals surface area contributed by atoms with Gasteiger partial charge < -0.3 is 5.32 Å². The van der Waals surface area contributed by atoms with E-state index in [-0.39, 0.29) is 0 Å². The summed E-state index contributed by atoms with van der Waals surface area (Å²) in [6.45, 7) is 2.21. The van der Waals surface area contributed by atoms with Crippen LogP contribution in [0.15, 0.2) is 24.3 Å². The number of thioether (sulfide) groups is 1. The second-order valence-corrected chi connectivity index (χ2v) is 5.83. The molecule has 1 N–H and O–H groups in total. The Labute approximate surface area is 103 Å². The van der Waals surface area contributed by atoms with E-state index < -0.39 is 0 Å². The highest BCUT2D eigenvalue weighted by Gasteiger charge is 2.25. The Balaban J connectivity index is 1.90. The molecule has 0 aromatic heterocycles. The fraction of sp³-hybridized carbons (Fsp3) is 0.571. The molecule has 1 aromatic carbocycles. The summed E-state index contributed by atoms with van der Waals surface area (Å²) in [7, 11) is 2.09. The van der Waals surface area contributed by atoms with Crippen LogP contribution in [-0.4, -0.2) is 18.3 Å². The first-order chi connectivity index (χ1) is 7.81. The molecule has 16 heavy (non-hydrogen) atoms. The number of benzene rings is 1. The second kappa shape index (κ2) is 5.74. The molecular weight excluding hydrogens is 214 g/mol. The van der Waals surface area contributed by atoms with E-state index in [9.17, 15) is 0 Å². The highest BCUT2D eigenvalue weighted by molar-refractivity contribution is 7.99. The van der Waals surface area contributed by atoms with Crippen LogP contribution < -0.4 is 5.32 Å². The molecule has 2 rings (SSSR count). The topological polar surface area (TPSA) is 12.0 Å². The van der Waals surface area contributed by atoms with Gasteiger partial charge in [0.2, 0.25) is 0 Å². The summed E-state index contributed by atoms with van der Waals surface area (Å²) in [5.41, 5.74) is 2.92. The molecule has 0 heterocycles. The van der Waals surface area contributed by atoms with Crippen molar-refractivity contribution in [2.24, 2.45) is 0 Å². The minimum atomic E-state index is 0.731. The Kier molecular flexibility index (Phi) is 4.30. The lowest BCUT2D eigenvalue weighted by Crippen LogP contribution is -2.30. The molecule has 2 heteroatoms. The van der Waals surface area contributed by atoms with Crippen molar-refractivity contribution in [3.63, 3.8) is 0 Å². The first-order valence-electron chi connectivity index (χ1n) is 6.14. The van der Waals surface area contributed by atoms with Gasteiger partial charge in [0, 0.05) is 17.0 Å². The summed E-state index contributed by atoms with van der Waals surface area (Å²) in [5, 5.41) is 4.25. The van der Waals surface area contributed by atoms with Crippen molar-refractivity contribution in [3.8, 4) is 0 Å². The van der Waals surface area contributed by atoms with Gasteiger partial charge in [-0.05, 0) is 37.9 Å².